The summed E-state index contributed by atoms with van der Waals surface area (Å²) in [5.41, 5.74) is 2.89. The first kappa shape index (κ1) is 23.8. The Bertz CT molecular complexity index is 1240. The minimum Gasteiger partial charge on any atom is -0.322 e. The number of likely N-dealkylation sites (tertiary alicyclic amines) is 1. The van der Waals surface area contributed by atoms with E-state index in [2.05, 4.69) is 31.8 Å². The maximum absolute atomic E-state index is 12.6. The Kier molecular flexibility index (Phi) is 7.23. The molecule has 0 bridgehead atoms. The summed E-state index contributed by atoms with van der Waals surface area (Å²) in [6.45, 7) is 7.17. The van der Waals surface area contributed by atoms with E-state index in [0.717, 1.165) is 25.6 Å². The zero-order valence-electron chi connectivity index (χ0n) is 19.4. The van der Waals surface area contributed by atoms with Gasteiger partial charge in [-0.25, -0.2) is 23.1 Å². The Balaban J connectivity index is 1.35. The minimum absolute atomic E-state index is 0.00988. The number of amides is 1. The molecule has 1 fully saturated rings. The highest BCUT2D eigenvalue weighted by atomic mass is 32.2. The summed E-state index contributed by atoms with van der Waals surface area (Å²) in [6, 6.07) is 15.3. The van der Waals surface area contributed by atoms with Crippen molar-refractivity contribution in [1.82, 2.24) is 14.9 Å². The van der Waals surface area contributed by atoms with Crippen molar-refractivity contribution in [3.8, 4) is 0 Å². The van der Waals surface area contributed by atoms with Crippen molar-refractivity contribution in [3.05, 3.63) is 77.6 Å². The van der Waals surface area contributed by atoms with Crippen LogP contribution in [0.4, 0.5) is 11.6 Å². The highest BCUT2D eigenvalue weighted by Gasteiger charge is 2.17. The molecule has 9 heteroatoms. The number of hydrogen-bond donors (Lipinski definition) is 2. The van der Waals surface area contributed by atoms with E-state index >= 15 is 0 Å². The molecule has 34 heavy (non-hydrogen) atoms. The number of anilines is 2. The Morgan fingerprint density at radius 1 is 1.03 bits per heavy atom. The van der Waals surface area contributed by atoms with E-state index in [9.17, 15) is 13.2 Å². The minimum atomic E-state index is -3.84. The van der Waals surface area contributed by atoms with E-state index in [1.165, 1.54) is 36.7 Å². The summed E-state index contributed by atoms with van der Waals surface area (Å²) in [4.78, 5) is 23.1. The standard InChI is InChI=1S/C25H29N5O3S/c1-18-12-15-30(16-13-18)17-20-3-5-21(6-4-20)24(31)28-22-7-9-23(10-8-22)34(32,33)29-25-26-14-11-19(2)27-25/h3-11,14,18H,12-13,15-17H2,1-2H3,(H,28,31)(H,26,27,29). The van der Waals surface area contributed by atoms with Crippen molar-refractivity contribution in [3.63, 3.8) is 0 Å². The lowest BCUT2D eigenvalue weighted by atomic mass is 9.99. The van der Waals surface area contributed by atoms with Crippen LogP contribution in [-0.4, -0.2) is 42.3 Å². The van der Waals surface area contributed by atoms with Gasteiger partial charge >= 0.3 is 0 Å². The first-order valence-corrected chi connectivity index (χ1v) is 12.8. The predicted octanol–water partition coefficient (Wildman–Crippen LogP) is 4.07. The maximum Gasteiger partial charge on any atom is 0.264 e. The van der Waals surface area contributed by atoms with Gasteiger partial charge in [-0.1, -0.05) is 19.1 Å². The number of nitrogens with one attached hydrogen (secondary N) is 2. The molecule has 1 aliphatic heterocycles. The quantitative estimate of drug-likeness (QED) is 0.529. The Morgan fingerprint density at radius 2 is 1.71 bits per heavy atom. The molecule has 0 saturated carbocycles. The SMILES string of the molecule is Cc1ccnc(NS(=O)(=O)c2ccc(NC(=O)c3ccc(CN4CCC(C)CC4)cc3)cc2)n1. The number of sulfonamides is 1. The van der Waals surface area contributed by atoms with E-state index in [1.54, 1.807) is 25.1 Å². The molecule has 2 heterocycles. The fourth-order valence-corrected chi connectivity index (χ4v) is 4.79. The zero-order valence-corrected chi connectivity index (χ0v) is 20.2. The molecule has 2 N–H and O–H groups in total. The van der Waals surface area contributed by atoms with E-state index in [0.29, 0.717) is 16.9 Å². The number of aryl methyl sites for hydroxylation is 1. The van der Waals surface area contributed by atoms with Crippen molar-refractivity contribution < 1.29 is 13.2 Å². The third kappa shape index (κ3) is 6.18. The number of piperidine rings is 1. The van der Waals surface area contributed by atoms with Crippen LogP contribution in [0.2, 0.25) is 0 Å². The van der Waals surface area contributed by atoms with Crippen LogP contribution in [0.25, 0.3) is 0 Å². The second kappa shape index (κ2) is 10.3. The molecule has 0 unspecified atom stereocenters. The predicted molar refractivity (Wildman–Crippen MR) is 132 cm³/mol. The third-order valence-corrected chi connectivity index (χ3v) is 7.29. The highest BCUT2D eigenvalue weighted by Crippen LogP contribution is 2.20. The lowest BCUT2D eigenvalue weighted by Crippen LogP contribution is -2.32. The van der Waals surface area contributed by atoms with Gasteiger partial charge in [0.1, 0.15) is 0 Å². The van der Waals surface area contributed by atoms with Gasteiger partial charge in [0.05, 0.1) is 4.90 Å². The van der Waals surface area contributed by atoms with Crippen LogP contribution in [0.3, 0.4) is 0 Å². The molecule has 4 rings (SSSR count). The van der Waals surface area contributed by atoms with E-state index < -0.39 is 10.0 Å². The van der Waals surface area contributed by atoms with Gasteiger partial charge in [-0.15, -0.1) is 0 Å². The monoisotopic (exact) mass is 479 g/mol. The Labute approximate surface area is 200 Å². The van der Waals surface area contributed by atoms with Gasteiger partial charge in [-0.3, -0.25) is 9.69 Å². The molecule has 1 aliphatic rings. The van der Waals surface area contributed by atoms with Gasteiger partial charge in [0.25, 0.3) is 15.9 Å². The van der Waals surface area contributed by atoms with E-state index in [1.807, 2.05) is 24.3 Å². The number of benzene rings is 2. The molecule has 2 aromatic carbocycles. The molecule has 0 aliphatic carbocycles. The van der Waals surface area contributed by atoms with Gasteiger partial charge in [0.2, 0.25) is 5.95 Å². The van der Waals surface area contributed by atoms with Crippen molar-refractivity contribution >= 4 is 27.6 Å². The number of carbonyl (C=O) groups is 1. The second-order valence-corrected chi connectivity index (χ2v) is 10.4. The maximum atomic E-state index is 12.6. The van der Waals surface area contributed by atoms with Crippen molar-refractivity contribution in [2.75, 3.05) is 23.1 Å². The van der Waals surface area contributed by atoms with Crippen molar-refractivity contribution in [1.29, 1.82) is 0 Å². The molecule has 0 atom stereocenters. The first-order valence-electron chi connectivity index (χ1n) is 11.3. The van der Waals surface area contributed by atoms with Crippen molar-refractivity contribution in [2.24, 2.45) is 5.92 Å². The smallest absolute Gasteiger partial charge is 0.264 e. The molecular formula is C25H29N5O3S. The average molecular weight is 480 g/mol. The summed E-state index contributed by atoms with van der Waals surface area (Å²) in [6.07, 6.45) is 3.95. The van der Waals surface area contributed by atoms with Crippen LogP contribution >= 0.6 is 0 Å². The molecule has 1 saturated heterocycles. The van der Waals surface area contributed by atoms with Gasteiger partial charge in [0.15, 0.2) is 0 Å². The molecule has 0 spiro atoms. The molecular weight excluding hydrogens is 450 g/mol. The number of hydrogen-bond acceptors (Lipinski definition) is 6. The average Bonchev–Trinajstić information content (AvgIpc) is 2.81. The summed E-state index contributed by atoms with van der Waals surface area (Å²) in [5, 5.41) is 2.81. The van der Waals surface area contributed by atoms with Crippen LogP contribution in [0, 0.1) is 12.8 Å². The molecule has 1 aromatic heterocycles. The lowest BCUT2D eigenvalue weighted by Gasteiger charge is -2.30. The largest absolute Gasteiger partial charge is 0.322 e. The molecule has 178 valence electrons. The van der Waals surface area contributed by atoms with E-state index in [-0.39, 0.29) is 16.8 Å². The van der Waals surface area contributed by atoms with Crippen LogP contribution in [-0.2, 0) is 16.6 Å². The molecule has 1 amide bonds. The van der Waals surface area contributed by atoms with Gasteiger partial charge in [-0.05, 0) is 86.8 Å². The molecule has 3 aromatic rings. The van der Waals surface area contributed by atoms with Crippen molar-refractivity contribution in [2.45, 2.75) is 38.1 Å². The topological polar surface area (TPSA) is 104 Å². The van der Waals surface area contributed by atoms with Crippen LogP contribution < -0.4 is 10.0 Å². The highest BCUT2D eigenvalue weighted by molar-refractivity contribution is 7.92. The fourth-order valence-electron chi connectivity index (χ4n) is 3.84. The zero-order chi connectivity index (χ0) is 24.1. The Morgan fingerprint density at radius 3 is 2.35 bits per heavy atom. The van der Waals surface area contributed by atoms with Crippen LogP contribution in [0.5, 0.6) is 0 Å². The summed E-state index contributed by atoms with van der Waals surface area (Å²) in [5.74, 6) is 0.561. The number of carbonyl (C=O) groups excluding carboxylic acids is 1. The summed E-state index contributed by atoms with van der Waals surface area (Å²) >= 11 is 0. The van der Waals surface area contributed by atoms with Crippen LogP contribution in [0.1, 0.15) is 41.4 Å². The van der Waals surface area contributed by atoms with Gasteiger partial charge in [-0.2, -0.15) is 0 Å². The number of nitrogens with zero attached hydrogens (tertiary/aromatic N) is 3. The number of rotatable bonds is 7. The van der Waals surface area contributed by atoms with Gasteiger partial charge in [0, 0.05) is 29.7 Å². The molecule has 8 nitrogen and oxygen atoms in total. The van der Waals surface area contributed by atoms with Gasteiger partial charge < -0.3 is 5.32 Å². The summed E-state index contributed by atoms with van der Waals surface area (Å²) < 4.78 is 27.5. The second-order valence-electron chi connectivity index (χ2n) is 8.76. The summed E-state index contributed by atoms with van der Waals surface area (Å²) in [7, 11) is -3.84. The fraction of sp³-hybridized carbons (Fsp3) is 0.320. The Hall–Kier alpha value is -3.30. The first-order chi connectivity index (χ1) is 16.3. The lowest BCUT2D eigenvalue weighted by molar-refractivity contribution is 0.102. The normalized spacial score (nSPS) is 15.1. The molecule has 0 radical (unpaired) electrons. The van der Waals surface area contributed by atoms with Crippen LogP contribution in [0.15, 0.2) is 65.7 Å². The number of aromatic nitrogens is 2. The van der Waals surface area contributed by atoms with E-state index in [4.69, 9.17) is 0 Å². The third-order valence-electron chi connectivity index (χ3n) is 5.94.